The van der Waals surface area contributed by atoms with Gasteiger partial charge in [-0.2, -0.15) is 0 Å². The van der Waals surface area contributed by atoms with Crippen molar-refractivity contribution in [1.82, 2.24) is 4.98 Å². The van der Waals surface area contributed by atoms with Crippen LogP contribution in [0.15, 0.2) is 18.2 Å². The van der Waals surface area contributed by atoms with Gasteiger partial charge in [0.15, 0.2) is 5.13 Å². The molecule has 18 heavy (non-hydrogen) atoms. The van der Waals surface area contributed by atoms with E-state index in [0.717, 1.165) is 22.2 Å². The third kappa shape index (κ3) is 3.20. The first-order valence-electron chi connectivity index (χ1n) is 5.88. The van der Waals surface area contributed by atoms with Gasteiger partial charge in [-0.25, -0.2) is 13.4 Å². The molecule has 1 heterocycles. The number of aryl methyl sites for hydroxylation is 1. The van der Waals surface area contributed by atoms with Gasteiger partial charge in [0.2, 0.25) is 10.0 Å². The second kappa shape index (κ2) is 5.24. The Balaban J connectivity index is 2.22. The van der Waals surface area contributed by atoms with Gasteiger partial charge >= 0.3 is 0 Å². The summed E-state index contributed by atoms with van der Waals surface area (Å²) in [5.41, 5.74) is 1.98. The molecule has 2 rings (SSSR count). The Hall–Kier alpha value is -1.14. The molecule has 1 aromatic heterocycles. The first-order chi connectivity index (χ1) is 8.50. The minimum atomic E-state index is -3.26. The number of sulfonamides is 1. The maximum absolute atomic E-state index is 11.8. The molecule has 1 aromatic carbocycles. The highest BCUT2D eigenvalue weighted by Gasteiger charge is 2.12. The lowest BCUT2D eigenvalue weighted by Crippen LogP contribution is -2.16. The summed E-state index contributed by atoms with van der Waals surface area (Å²) < 4.78 is 27.1. The monoisotopic (exact) mass is 284 g/mol. The van der Waals surface area contributed by atoms with Crippen molar-refractivity contribution in [2.24, 2.45) is 0 Å². The average molecular weight is 284 g/mol. The van der Waals surface area contributed by atoms with Crippen LogP contribution in [0, 0.1) is 6.92 Å². The van der Waals surface area contributed by atoms with Gasteiger partial charge in [0.1, 0.15) is 0 Å². The summed E-state index contributed by atoms with van der Waals surface area (Å²) in [4.78, 5) is 4.28. The molecule has 0 aliphatic rings. The normalized spacial score (nSPS) is 11.9. The van der Waals surface area contributed by atoms with E-state index in [-0.39, 0.29) is 5.75 Å². The molecule has 0 atom stereocenters. The highest BCUT2D eigenvalue weighted by atomic mass is 32.2. The maximum Gasteiger partial charge on any atom is 0.234 e. The van der Waals surface area contributed by atoms with Gasteiger partial charge in [0.05, 0.1) is 16.0 Å². The first kappa shape index (κ1) is 13.3. The van der Waals surface area contributed by atoms with Crippen LogP contribution in [0.3, 0.4) is 0 Å². The zero-order valence-electron chi connectivity index (χ0n) is 10.4. The Morgan fingerprint density at radius 3 is 2.89 bits per heavy atom. The van der Waals surface area contributed by atoms with E-state index in [1.807, 2.05) is 32.0 Å². The van der Waals surface area contributed by atoms with Crippen LogP contribution in [0.5, 0.6) is 0 Å². The van der Waals surface area contributed by atoms with E-state index in [0.29, 0.717) is 11.6 Å². The van der Waals surface area contributed by atoms with Gasteiger partial charge in [-0.1, -0.05) is 30.7 Å². The molecular formula is C12H16N2O2S2. The number of nitrogens with one attached hydrogen (secondary N) is 1. The number of nitrogens with zero attached hydrogens (tertiary/aromatic N) is 1. The number of aromatic nitrogens is 1. The summed E-state index contributed by atoms with van der Waals surface area (Å²) in [6.45, 7) is 3.97. The van der Waals surface area contributed by atoms with Gasteiger partial charge in [-0.15, -0.1) is 0 Å². The third-order valence-electron chi connectivity index (χ3n) is 2.55. The lowest BCUT2D eigenvalue weighted by molar-refractivity contribution is 0.598. The van der Waals surface area contributed by atoms with Crippen LogP contribution in [0.1, 0.15) is 25.3 Å². The molecule has 0 unspecified atom stereocenters. The van der Waals surface area contributed by atoms with Crippen molar-refractivity contribution in [1.29, 1.82) is 0 Å². The van der Waals surface area contributed by atoms with E-state index >= 15 is 0 Å². The molecule has 0 bridgehead atoms. The summed E-state index contributed by atoms with van der Waals surface area (Å²) in [5.74, 6) is 0.151. The highest BCUT2D eigenvalue weighted by Crippen LogP contribution is 2.27. The Morgan fingerprint density at radius 1 is 1.39 bits per heavy atom. The smallest absolute Gasteiger partial charge is 0.234 e. The summed E-state index contributed by atoms with van der Waals surface area (Å²) in [7, 11) is -3.26. The molecule has 98 valence electrons. The first-order valence-corrected chi connectivity index (χ1v) is 8.35. The van der Waals surface area contributed by atoms with E-state index in [1.54, 1.807) is 0 Å². The predicted octanol–water partition coefficient (Wildman–Crippen LogP) is 3.15. The number of hydrogen-bond donors (Lipinski definition) is 1. The van der Waals surface area contributed by atoms with Crippen molar-refractivity contribution in [3.05, 3.63) is 23.8 Å². The molecule has 4 nitrogen and oxygen atoms in total. The second-order valence-corrected chi connectivity index (χ2v) is 7.14. The third-order valence-corrected chi connectivity index (χ3v) is 4.95. The number of anilines is 1. The van der Waals surface area contributed by atoms with Crippen molar-refractivity contribution in [3.8, 4) is 0 Å². The van der Waals surface area contributed by atoms with Crippen molar-refractivity contribution < 1.29 is 8.42 Å². The lowest BCUT2D eigenvalue weighted by Gasteiger charge is -2.02. The minimum absolute atomic E-state index is 0.151. The van der Waals surface area contributed by atoms with Crippen molar-refractivity contribution >= 4 is 36.7 Å². The number of benzene rings is 1. The molecule has 0 saturated carbocycles. The standard InChI is InChI=1S/C12H16N2O2S2/c1-3-4-7-18(15,16)14-12-13-10-6-5-9(2)8-11(10)17-12/h5-6,8H,3-4,7H2,1-2H3,(H,13,14). The zero-order chi connectivity index (χ0) is 13.2. The Kier molecular flexibility index (Phi) is 3.87. The fraction of sp³-hybridized carbons (Fsp3) is 0.417. The van der Waals surface area contributed by atoms with E-state index in [4.69, 9.17) is 0 Å². The Morgan fingerprint density at radius 2 is 2.17 bits per heavy atom. The largest absolute Gasteiger partial charge is 0.259 e. The summed E-state index contributed by atoms with van der Waals surface area (Å²) in [5, 5.41) is 0.451. The van der Waals surface area contributed by atoms with Crippen LogP contribution in [0.4, 0.5) is 5.13 Å². The summed E-state index contributed by atoms with van der Waals surface area (Å²) in [6.07, 6.45) is 1.53. The van der Waals surface area contributed by atoms with E-state index in [9.17, 15) is 8.42 Å². The quantitative estimate of drug-likeness (QED) is 0.917. The zero-order valence-corrected chi connectivity index (χ0v) is 12.1. The van der Waals surface area contributed by atoms with Gasteiger partial charge in [-0.3, -0.25) is 4.72 Å². The number of unbranched alkanes of at least 4 members (excludes halogenated alkanes) is 1. The molecule has 0 saturated heterocycles. The minimum Gasteiger partial charge on any atom is -0.259 e. The number of thiazole rings is 1. The summed E-state index contributed by atoms with van der Waals surface area (Å²) >= 11 is 1.37. The molecule has 0 fully saturated rings. The van der Waals surface area contributed by atoms with Crippen molar-refractivity contribution in [2.75, 3.05) is 10.5 Å². The number of rotatable bonds is 5. The van der Waals surface area contributed by atoms with Gasteiger partial charge in [-0.05, 0) is 31.0 Å². The highest BCUT2D eigenvalue weighted by molar-refractivity contribution is 7.92. The second-order valence-electron chi connectivity index (χ2n) is 4.26. The van der Waals surface area contributed by atoms with Crippen molar-refractivity contribution in [2.45, 2.75) is 26.7 Å². The number of hydrogen-bond acceptors (Lipinski definition) is 4. The van der Waals surface area contributed by atoms with Crippen LogP contribution >= 0.6 is 11.3 Å². The van der Waals surface area contributed by atoms with E-state index in [2.05, 4.69) is 9.71 Å². The molecule has 2 aromatic rings. The maximum atomic E-state index is 11.8. The number of fused-ring (bicyclic) bond motifs is 1. The topological polar surface area (TPSA) is 59.1 Å². The molecule has 0 spiro atoms. The van der Waals surface area contributed by atoms with E-state index < -0.39 is 10.0 Å². The van der Waals surface area contributed by atoms with Crippen LogP contribution in [0.25, 0.3) is 10.2 Å². The van der Waals surface area contributed by atoms with Crippen LogP contribution in [0.2, 0.25) is 0 Å². The fourth-order valence-electron chi connectivity index (χ4n) is 1.59. The van der Waals surface area contributed by atoms with Gasteiger partial charge in [0, 0.05) is 0 Å². The van der Waals surface area contributed by atoms with Crippen molar-refractivity contribution in [3.63, 3.8) is 0 Å². The predicted molar refractivity (Wildman–Crippen MR) is 76.7 cm³/mol. The molecule has 0 amide bonds. The molecule has 6 heteroatoms. The van der Waals surface area contributed by atoms with E-state index in [1.165, 1.54) is 11.3 Å². The molecular weight excluding hydrogens is 268 g/mol. The molecule has 0 aliphatic carbocycles. The Bertz CT molecular complexity index is 647. The van der Waals surface area contributed by atoms with Gasteiger partial charge in [0.25, 0.3) is 0 Å². The average Bonchev–Trinajstić information content (AvgIpc) is 2.66. The summed E-state index contributed by atoms with van der Waals surface area (Å²) in [6, 6.07) is 5.89. The Labute approximate surface area is 111 Å². The molecule has 0 radical (unpaired) electrons. The lowest BCUT2D eigenvalue weighted by atomic mass is 10.2. The van der Waals surface area contributed by atoms with Crippen LogP contribution < -0.4 is 4.72 Å². The fourth-order valence-corrected chi connectivity index (χ4v) is 4.04. The molecule has 0 aliphatic heterocycles. The van der Waals surface area contributed by atoms with Crippen LogP contribution in [-0.2, 0) is 10.0 Å². The van der Waals surface area contributed by atoms with Gasteiger partial charge < -0.3 is 0 Å². The van der Waals surface area contributed by atoms with Crippen LogP contribution in [-0.4, -0.2) is 19.2 Å². The molecule has 1 N–H and O–H groups in total. The SMILES string of the molecule is CCCCS(=O)(=O)Nc1nc2ccc(C)cc2s1.